The van der Waals surface area contributed by atoms with E-state index >= 15 is 0 Å². The molecule has 0 radical (unpaired) electrons. The molecule has 1 aliphatic carbocycles. The lowest BCUT2D eigenvalue weighted by molar-refractivity contribution is 0.0716. The summed E-state index contributed by atoms with van der Waals surface area (Å²) in [5.74, 6) is 1.02. The molecule has 1 amide bonds. The predicted molar refractivity (Wildman–Crippen MR) is 126 cm³/mol. The predicted octanol–water partition coefficient (Wildman–Crippen LogP) is 3.86. The molecular formula is C26H32N4O2. The molecule has 32 heavy (non-hydrogen) atoms. The van der Waals surface area contributed by atoms with Crippen LogP contribution in [0, 0.1) is 0 Å². The largest absolute Gasteiger partial charge is 0.496 e. The number of carbonyl (C=O) groups is 1. The monoisotopic (exact) mass is 432 g/mol. The maximum atomic E-state index is 13.2. The summed E-state index contributed by atoms with van der Waals surface area (Å²) in [6.07, 6.45) is 6.22. The average molecular weight is 433 g/mol. The molecule has 6 nitrogen and oxygen atoms in total. The quantitative estimate of drug-likeness (QED) is 0.665. The van der Waals surface area contributed by atoms with E-state index in [4.69, 9.17) is 4.74 Å². The minimum atomic E-state index is 0.109. The summed E-state index contributed by atoms with van der Waals surface area (Å²) >= 11 is 0. The summed E-state index contributed by atoms with van der Waals surface area (Å²) in [6, 6.07) is 12.9. The van der Waals surface area contributed by atoms with Crippen LogP contribution in [-0.2, 0) is 26.4 Å². The van der Waals surface area contributed by atoms with Gasteiger partial charge < -0.3 is 15.0 Å². The summed E-state index contributed by atoms with van der Waals surface area (Å²) in [5, 5.41) is 10.9. The molecule has 1 unspecified atom stereocenters. The van der Waals surface area contributed by atoms with E-state index in [9.17, 15) is 4.79 Å². The number of piperidine rings is 1. The highest BCUT2D eigenvalue weighted by atomic mass is 16.5. The van der Waals surface area contributed by atoms with Gasteiger partial charge in [0, 0.05) is 49.5 Å². The lowest BCUT2D eigenvalue weighted by atomic mass is 9.90. The zero-order valence-electron chi connectivity index (χ0n) is 19.1. The molecule has 1 fully saturated rings. The number of hydrogen-bond acceptors (Lipinski definition) is 4. The van der Waals surface area contributed by atoms with Crippen molar-refractivity contribution in [2.75, 3.05) is 20.2 Å². The Labute approximate surface area is 189 Å². The van der Waals surface area contributed by atoms with Gasteiger partial charge in [0.25, 0.3) is 5.91 Å². The summed E-state index contributed by atoms with van der Waals surface area (Å²) in [6.45, 7) is 2.44. The minimum absolute atomic E-state index is 0.109. The van der Waals surface area contributed by atoms with E-state index in [-0.39, 0.29) is 5.91 Å². The Balaban J connectivity index is 1.35. The summed E-state index contributed by atoms with van der Waals surface area (Å²) in [4.78, 5) is 15.2. The smallest absolute Gasteiger partial charge is 0.274 e. The van der Waals surface area contributed by atoms with Gasteiger partial charge in [-0.3, -0.25) is 9.48 Å². The summed E-state index contributed by atoms with van der Waals surface area (Å²) in [7, 11) is 3.70. The van der Waals surface area contributed by atoms with E-state index in [0.29, 0.717) is 11.7 Å². The van der Waals surface area contributed by atoms with Gasteiger partial charge in [-0.2, -0.15) is 5.10 Å². The third kappa shape index (κ3) is 3.88. The fraction of sp³-hybridized carbons (Fsp3) is 0.462. The standard InChI is InChI=1S/C26H32N4O2/c1-29-23-12-11-19(16-21(23)25(28-29)26(31)30-14-6-3-7-15-30)27-17-22-20-9-5-4-8-18(20)10-13-24(22)32-2/h4-5,8-10,13,19,27H,3,6-7,11-12,14-17H2,1-2H3. The van der Waals surface area contributed by atoms with Crippen LogP contribution < -0.4 is 10.1 Å². The van der Waals surface area contributed by atoms with Crippen molar-refractivity contribution in [3.8, 4) is 5.75 Å². The van der Waals surface area contributed by atoms with Crippen molar-refractivity contribution >= 4 is 16.7 Å². The van der Waals surface area contributed by atoms with Crippen molar-refractivity contribution < 1.29 is 9.53 Å². The van der Waals surface area contributed by atoms with Gasteiger partial charge in [0.05, 0.1) is 7.11 Å². The van der Waals surface area contributed by atoms with Crippen molar-refractivity contribution in [2.24, 2.45) is 7.05 Å². The number of nitrogens with zero attached hydrogens (tertiary/aromatic N) is 3. The Morgan fingerprint density at radius 2 is 1.97 bits per heavy atom. The minimum Gasteiger partial charge on any atom is -0.496 e. The second-order valence-electron chi connectivity index (χ2n) is 9.04. The van der Waals surface area contributed by atoms with Crippen LogP contribution in [-0.4, -0.2) is 46.8 Å². The first-order chi connectivity index (χ1) is 15.7. The van der Waals surface area contributed by atoms with Crippen LogP contribution in [0.2, 0.25) is 0 Å². The molecule has 1 saturated heterocycles. The number of methoxy groups -OCH3 is 1. The number of likely N-dealkylation sites (tertiary alicyclic amines) is 1. The first kappa shape index (κ1) is 21.0. The third-order valence-electron chi connectivity index (χ3n) is 7.09. The van der Waals surface area contributed by atoms with Gasteiger partial charge in [-0.05, 0) is 55.4 Å². The Morgan fingerprint density at radius 1 is 1.16 bits per heavy atom. The van der Waals surface area contributed by atoms with Gasteiger partial charge in [0.15, 0.2) is 5.69 Å². The molecule has 0 saturated carbocycles. The number of rotatable bonds is 5. The van der Waals surface area contributed by atoms with Crippen LogP contribution >= 0.6 is 0 Å². The van der Waals surface area contributed by atoms with Gasteiger partial charge >= 0.3 is 0 Å². The number of aromatic nitrogens is 2. The topological polar surface area (TPSA) is 59.4 Å². The zero-order chi connectivity index (χ0) is 22.1. The molecule has 5 rings (SSSR count). The molecule has 2 aliphatic rings. The maximum absolute atomic E-state index is 13.2. The van der Waals surface area contributed by atoms with Crippen molar-refractivity contribution in [1.29, 1.82) is 0 Å². The molecule has 1 aromatic heterocycles. The number of hydrogen-bond donors (Lipinski definition) is 1. The van der Waals surface area contributed by atoms with E-state index in [1.54, 1.807) is 7.11 Å². The Hall–Kier alpha value is -2.86. The highest BCUT2D eigenvalue weighted by molar-refractivity contribution is 5.94. The van der Waals surface area contributed by atoms with E-state index < -0.39 is 0 Å². The molecule has 3 aromatic rings. The van der Waals surface area contributed by atoms with Gasteiger partial charge in [-0.15, -0.1) is 0 Å². The fourth-order valence-electron chi connectivity index (χ4n) is 5.32. The summed E-state index contributed by atoms with van der Waals surface area (Å²) in [5.41, 5.74) is 4.20. The lowest BCUT2D eigenvalue weighted by Crippen LogP contribution is -2.38. The van der Waals surface area contributed by atoms with Gasteiger partial charge in [0.2, 0.25) is 0 Å². The number of ether oxygens (including phenoxy) is 1. The number of nitrogens with one attached hydrogen (secondary N) is 1. The first-order valence-corrected chi connectivity index (χ1v) is 11.8. The van der Waals surface area contributed by atoms with Crippen molar-refractivity contribution in [3.05, 3.63) is 58.9 Å². The Bertz CT molecular complexity index is 1130. The highest BCUT2D eigenvalue weighted by Crippen LogP contribution is 2.30. The zero-order valence-corrected chi connectivity index (χ0v) is 19.1. The number of fused-ring (bicyclic) bond motifs is 2. The molecule has 1 N–H and O–H groups in total. The average Bonchev–Trinajstić information content (AvgIpc) is 3.18. The SMILES string of the molecule is COc1ccc2ccccc2c1CNC1CCc2c(c(C(=O)N3CCCCC3)nn2C)C1. The summed E-state index contributed by atoms with van der Waals surface area (Å²) < 4.78 is 7.59. The molecule has 168 valence electrons. The van der Waals surface area contributed by atoms with E-state index in [1.807, 2.05) is 16.6 Å². The molecule has 0 bridgehead atoms. The van der Waals surface area contributed by atoms with Crippen LogP contribution in [0.15, 0.2) is 36.4 Å². The van der Waals surface area contributed by atoms with Crippen molar-refractivity contribution in [2.45, 2.75) is 51.1 Å². The Morgan fingerprint density at radius 3 is 2.78 bits per heavy atom. The van der Waals surface area contributed by atoms with Gasteiger partial charge in [0.1, 0.15) is 5.75 Å². The maximum Gasteiger partial charge on any atom is 0.274 e. The van der Waals surface area contributed by atoms with Gasteiger partial charge in [-0.1, -0.05) is 30.3 Å². The third-order valence-corrected chi connectivity index (χ3v) is 7.09. The van der Waals surface area contributed by atoms with Crippen LogP contribution in [0.1, 0.15) is 53.0 Å². The molecule has 2 aromatic carbocycles. The van der Waals surface area contributed by atoms with Crippen molar-refractivity contribution in [3.63, 3.8) is 0 Å². The molecule has 2 heterocycles. The van der Waals surface area contributed by atoms with E-state index in [0.717, 1.165) is 63.1 Å². The molecule has 1 aliphatic heterocycles. The van der Waals surface area contributed by atoms with E-state index in [2.05, 4.69) is 46.8 Å². The van der Waals surface area contributed by atoms with Crippen LogP contribution in [0.3, 0.4) is 0 Å². The van der Waals surface area contributed by atoms with Crippen molar-refractivity contribution in [1.82, 2.24) is 20.0 Å². The normalized spacial score (nSPS) is 18.6. The van der Waals surface area contributed by atoms with Gasteiger partial charge in [-0.25, -0.2) is 0 Å². The first-order valence-electron chi connectivity index (χ1n) is 11.8. The number of amides is 1. The van der Waals surface area contributed by atoms with Crippen LogP contribution in [0.5, 0.6) is 5.75 Å². The van der Waals surface area contributed by atoms with Crippen LogP contribution in [0.25, 0.3) is 10.8 Å². The molecule has 1 atom stereocenters. The number of carbonyl (C=O) groups excluding carboxylic acids is 1. The number of aryl methyl sites for hydroxylation is 1. The molecule has 0 spiro atoms. The van der Waals surface area contributed by atoms with E-state index in [1.165, 1.54) is 28.5 Å². The number of benzene rings is 2. The molecule has 6 heteroatoms. The second kappa shape index (κ2) is 8.94. The highest BCUT2D eigenvalue weighted by Gasteiger charge is 2.31. The molecular weight excluding hydrogens is 400 g/mol. The van der Waals surface area contributed by atoms with Crippen LogP contribution in [0.4, 0.5) is 0 Å². The lowest BCUT2D eigenvalue weighted by Gasteiger charge is -2.28. The Kier molecular flexibility index (Phi) is 5.87. The second-order valence-corrected chi connectivity index (χ2v) is 9.04. The fourth-order valence-corrected chi connectivity index (χ4v) is 5.32.